The maximum Gasteiger partial charge on any atom is 0.119 e. The molecule has 0 fully saturated rings. The number of hydrogen-bond acceptors (Lipinski definition) is 4. The minimum absolute atomic E-state index is 0.842. The fraction of sp³-hybridized carbons (Fsp3) is 0.167. The molecule has 0 N–H and O–H groups in total. The van der Waals surface area contributed by atoms with E-state index in [0.717, 1.165) is 21.0 Å². The van der Waals surface area contributed by atoms with Gasteiger partial charge in [0.2, 0.25) is 0 Å². The molecule has 17 heavy (non-hydrogen) atoms. The topological polar surface area (TPSA) is 35.0 Å². The maximum absolute atomic E-state index is 5.21. The van der Waals surface area contributed by atoms with Gasteiger partial charge in [0.15, 0.2) is 0 Å². The Bertz CT molecular complexity index is 493. The minimum atomic E-state index is 0.842. The van der Waals surface area contributed by atoms with Crippen molar-refractivity contribution in [2.75, 3.05) is 7.11 Å². The molecular formula is C12H11BrN2OS. The summed E-state index contributed by atoms with van der Waals surface area (Å²) >= 11 is 5.20. The average molecular weight is 311 g/mol. The molecule has 0 aliphatic carbocycles. The Morgan fingerprint density at radius 2 is 2.24 bits per heavy atom. The van der Waals surface area contributed by atoms with Crippen molar-refractivity contribution < 1.29 is 4.74 Å². The van der Waals surface area contributed by atoms with Crippen molar-refractivity contribution in [1.29, 1.82) is 0 Å². The van der Waals surface area contributed by atoms with Crippen LogP contribution in [0.4, 0.5) is 0 Å². The highest BCUT2D eigenvalue weighted by Gasteiger charge is 2.03. The highest BCUT2D eigenvalue weighted by molar-refractivity contribution is 9.10. The molecular weight excluding hydrogens is 300 g/mol. The quantitative estimate of drug-likeness (QED) is 0.639. The van der Waals surface area contributed by atoms with Crippen LogP contribution in [0.15, 0.2) is 46.3 Å². The normalized spacial score (nSPS) is 10.2. The van der Waals surface area contributed by atoms with Crippen molar-refractivity contribution >= 4 is 27.7 Å². The van der Waals surface area contributed by atoms with E-state index in [1.54, 1.807) is 31.4 Å². The summed E-state index contributed by atoms with van der Waals surface area (Å²) in [4.78, 5) is 8.06. The van der Waals surface area contributed by atoms with E-state index in [4.69, 9.17) is 4.74 Å². The Hall–Kier alpha value is -1.07. The van der Waals surface area contributed by atoms with Crippen molar-refractivity contribution in [3.8, 4) is 5.75 Å². The number of ether oxygens (including phenoxy) is 1. The third-order valence-corrected chi connectivity index (χ3v) is 3.95. The number of methoxy groups -OCH3 is 1. The van der Waals surface area contributed by atoms with Crippen LogP contribution in [0.3, 0.4) is 0 Å². The van der Waals surface area contributed by atoms with Gasteiger partial charge >= 0.3 is 0 Å². The highest BCUT2D eigenvalue weighted by atomic mass is 79.9. The number of aromatic nitrogens is 2. The van der Waals surface area contributed by atoms with Crippen molar-refractivity contribution in [3.05, 3.63) is 46.8 Å². The Morgan fingerprint density at radius 1 is 1.35 bits per heavy atom. The number of benzene rings is 1. The molecule has 0 aliphatic rings. The largest absolute Gasteiger partial charge is 0.497 e. The molecule has 0 bridgehead atoms. The third kappa shape index (κ3) is 3.44. The summed E-state index contributed by atoms with van der Waals surface area (Å²) in [7, 11) is 1.67. The molecule has 0 spiro atoms. The summed E-state index contributed by atoms with van der Waals surface area (Å²) in [5, 5.41) is 0.967. The summed E-state index contributed by atoms with van der Waals surface area (Å²) < 4.78 is 6.29. The van der Waals surface area contributed by atoms with Crippen molar-refractivity contribution in [1.82, 2.24) is 9.97 Å². The number of nitrogens with zero attached hydrogens (tertiary/aromatic N) is 2. The molecule has 0 atom stereocenters. The van der Waals surface area contributed by atoms with Gasteiger partial charge in [-0.2, -0.15) is 0 Å². The zero-order valence-electron chi connectivity index (χ0n) is 9.26. The van der Waals surface area contributed by atoms with Crippen molar-refractivity contribution in [2.45, 2.75) is 10.8 Å². The second-order valence-electron chi connectivity index (χ2n) is 3.29. The van der Waals surface area contributed by atoms with Gasteiger partial charge in [-0.1, -0.05) is 15.9 Å². The standard InChI is InChI=1S/C12H11BrN2OS/c1-16-10-2-3-11(13)9(6-10)7-17-12-4-5-14-8-15-12/h2-6,8H,7H2,1H3. The second-order valence-corrected chi connectivity index (χ2v) is 5.14. The van der Waals surface area contributed by atoms with Crippen LogP contribution in [0.2, 0.25) is 0 Å². The van der Waals surface area contributed by atoms with E-state index in [2.05, 4.69) is 25.9 Å². The van der Waals surface area contributed by atoms with Gasteiger partial charge in [0.05, 0.1) is 12.1 Å². The zero-order valence-corrected chi connectivity index (χ0v) is 11.7. The van der Waals surface area contributed by atoms with Crippen LogP contribution in [0.1, 0.15) is 5.56 Å². The average Bonchev–Trinajstić information content (AvgIpc) is 2.39. The molecule has 2 aromatic rings. The molecule has 1 aromatic heterocycles. The number of thioether (sulfide) groups is 1. The van der Waals surface area contributed by atoms with Crippen LogP contribution in [-0.4, -0.2) is 17.1 Å². The molecule has 0 aliphatic heterocycles. The summed E-state index contributed by atoms with van der Waals surface area (Å²) in [6.45, 7) is 0. The van der Waals surface area contributed by atoms with E-state index in [0.29, 0.717) is 0 Å². The molecule has 2 rings (SSSR count). The Kier molecular flexibility index (Phi) is 4.39. The molecule has 0 saturated carbocycles. The number of rotatable bonds is 4. The van der Waals surface area contributed by atoms with Crippen LogP contribution in [0, 0.1) is 0 Å². The first-order chi connectivity index (χ1) is 8.29. The zero-order chi connectivity index (χ0) is 12.1. The maximum atomic E-state index is 5.21. The molecule has 3 nitrogen and oxygen atoms in total. The van der Waals surface area contributed by atoms with E-state index in [1.165, 1.54) is 5.56 Å². The molecule has 5 heteroatoms. The number of halogens is 1. The van der Waals surface area contributed by atoms with E-state index in [1.807, 2.05) is 24.3 Å². The van der Waals surface area contributed by atoms with Gasteiger partial charge in [0, 0.05) is 16.4 Å². The van der Waals surface area contributed by atoms with Gasteiger partial charge in [-0.25, -0.2) is 9.97 Å². The fourth-order valence-corrected chi connectivity index (χ4v) is 2.70. The van der Waals surface area contributed by atoms with Gasteiger partial charge in [0.25, 0.3) is 0 Å². The van der Waals surface area contributed by atoms with Crippen LogP contribution in [0.5, 0.6) is 5.75 Å². The number of hydrogen-bond donors (Lipinski definition) is 0. The van der Waals surface area contributed by atoms with Gasteiger partial charge in [-0.3, -0.25) is 0 Å². The van der Waals surface area contributed by atoms with Gasteiger partial charge in [-0.05, 0) is 29.8 Å². The van der Waals surface area contributed by atoms with E-state index in [9.17, 15) is 0 Å². The predicted octanol–water partition coefficient (Wildman–Crippen LogP) is 3.54. The molecule has 0 amide bonds. The highest BCUT2D eigenvalue weighted by Crippen LogP contribution is 2.28. The summed E-state index contributed by atoms with van der Waals surface area (Å²) in [6.07, 6.45) is 3.30. The van der Waals surface area contributed by atoms with E-state index >= 15 is 0 Å². The lowest BCUT2D eigenvalue weighted by molar-refractivity contribution is 0.414. The van der Waals surface area contributed by atoms with Crippen LogP contribution >= 0.6 is 27.7 Å². The first kappa shape index (κ1) is 12.4. The van der Waals surface area contributed by atoms with Crippen LogP contribution in [0.25, 0.3) is 0 Å². The molecule has 0 unspecified atom stereocenters. The van der Waals surface area contributed by atoms with E-state index < -0.39 is 0 Å². The van der Waals surface area contributed by atoms with Crippen molar-refractivity contribution in [2.24, 2.45) is 0 Å². The summed E-state index contributed by atoms with van der Waals surface area (Å²) in [5.74, 6) is 1.71. The Morgan fingerprint density at radius 3 is 2.94 bits per heavy atom. The first-order valence-electron chi connectivity index (χ1n) is 5.01. The Labute approximate surface area is 113 Å². The van der Waals surface area contributed by atoms with Gasteiger partial charge in [0.1, 0.15) is 12.1 Å². The lowest BCUT2D eigenvalue weighted by Crippen LogP contribution is -1.88. The second kappa shape index (κ2) is 6.02. The monoisotopic (exact) mass is 310 g/mol. The third-order valence-electron chi connectivity index (χ3n) is 2.18. The van der Waals surface area contributed by atoms with Crippen LogP contribution < -0.4 is 4.74 Å². The molecule has 1 heterocycles. The molecule has 88 valence electrons. The minimum Gasteiger partial charge on any atom is -0.497 e. The van der Waals surface area contributed by atoms with Crippen LogP contribution in [-0.2, 0) is 5.75 Å². The summed E-state index contributed by atoms with van der Waals surface area (Å²) in [6, 6.07) is 7.86. The van der Waals surface area contributed by atoms with Gasteiger partial charge < -0.3 is 4.74 Å². The molecule has 0 radical (unpaired) electrons. The SMILES string of the molecule is COc1ccc(Br)c(CSc2ccncn2)c1. The lowest BCUT2D eigenvalue weighted by Gasteiger charge is -2.06. The fourth-order valence-electron chi connectivity index (χ4n) is 1.30. The Balaban J connectivity index is 2.08. The van der Waals surface area contributed by atoms with Crippen molar-refractivity contribution in [3.63, 3.8) is 0 Å². The first-order valence-corrected chi connectivity index (χ1v) is 6.78. The molecule has 1 aromatic carbocycles. The smallest absolute Gasteiger partial charge is 0.119 e. The molecule has 0 saturated heterocycles. The van der Waals surface area contributed by atoms with Gasteiger partial charge in [-0.15, -0.1) is 11.8 Å². The lowest BCUT2D eigenvalue weighted by atomic mass is 10.2. The predicted molar refractivity (Wildman–Crippen MR) is 72.3 cm³/mol. The van der Waals surface area contributed by atoms with E-state index in [-0.39, 0.29) is 0 Å². The summed E-state index contributed by atoms with van der Waals surface area (Å²) in [5.41, 5.74) is 1.19.